The topological polar surface area (TPSA) is 65.6 Å². The molecule has 0 spiro atoms. The first kappa shape index (κ1) is 36.0. The van der Waals surface area contributed by atoms with Gasteiger partial charge in [0, 0.05) is 42.7 Å². The highest BCUT2D eigenvalue weighted by Gasteiger charge is 2.12. The molecule has 0 aliphatic carbocycles. The van der Waals surface area contributed by atoms with Gasteiger partial charge in [-0.15, -0.1) is 0 Å². The maximum absolute atomic E-state index is 10.9. The Kier molecular flexibility index (Phi) is 16.2. The van der Waals surface area contributed by atoms with E-state index in [0.717, 1.165) is 20.9 Å². The van der Waals surface area contributed by atoms with E-state index in [1.807, 2.05) is 56.8 Å². The summed E-state index contributed by atoms with van der Waals surface area (Å²) in [5, 5.41) is 12.3. The largest absolute Gasteiger partial charge is 0.619 e. The molecule has 0 atom stereocenters. The fourth-order valence-electron chi connectivity index (χ4n) is 4.14. The van der Waals surface area contributed by atoms with Gasteiger partial charge in [0.05, 0.1) is 5.02 Å². The molecule has 0 saturated carbocycles. The minimum Gasteiger partial charge on any atom is -0.619 e. The van der Waals surface area contributed by atoms with Crippen LogP contribution in [0.2, 0.25) is 10.0 Å². The third kappa shape index (κ3) is 13.0. The van der Waals surface area contributed by atoms with Crippen LogP contribution in [0.3, 0.4) is 0 Å². The number of aromatic nitrogens is 4. The average molecular weight is 598 g/mol. The lowest BCUT2D eigenvalue weighted by molar-refractivity contribution is -0.605. The molecule has 0 aromatic carbocycles. The number of hydrogen-bond donors (Lipinski definition) is 0. The molecule has 0 aliphatic rings. The fourth-order valence-corrected chi connectivity index (χ4v) is 5.02. The maximum atomic E-state index is 10.9. The van der Waals surface area contributed by atoms with Gasteiger partial charge in [-0.05, 0) is 83.5 Å². The molecule has 0 bridgehead atoms. The SMILES string of the molecule is CC(C)c1cccnc1.CC(C)c1ccncc1.Cc1c[n+]([O-])cc(Cl)c1C(C)C.Cc1cncc(Cl)c1C(C)C. The van der Waals surface area contributed by atoms with Crippen molar-refractivity contribution in [2.24, 2.45) is 0 Å². The van der Waals surface area contributed by atoms with E-state index in [0.29, 0.717) is 28.7 Å². The van der Waals surface area contributed by atoms with Crippen LogP contribution in [0.25, 0.3) is 0 Å². The number of aryl methyl sites for hydroxylation is 2. The zero-order valence-electron chi connectivity index (χ0n) is 26.2. The molecule has 0 amide bonds. The van der Waals surface area contributed by atoms with Crippen molar-refractivity contribution in [2.45, 2.75) is 92.9 Å². The highest BCUT2D eigenvalue weighted by molar-refractivity contribution is 6.31. The minimum atomic E-state index is 0.360. The Hall–Kier alpha value is -3.02. The molecule has 0 saturated heterocycles. The summed E-state index contributed by atoms with van der Waals surface area (Å²) < 4.78 is 0.740. The second-order valence-electron chi connectivity index (χ2n) is 11.1. The molecule has 7 heteroatoms. The third-order valence-corrected chi connectivity index (χ3v) is 6.86. The molecular formula is C34H46Cl2N4O. The van der Waals surface area contributed by atoms with Gasteiger partial charge in [0.15, 0.2) is 12.4 Å². The van der Waals surface area contributed by atoms with Gasteiger partial charge in [0.2, 0.25) is 0 Å². The maximum Gasteiger partial charge on any atom is 0.199 e. The molecule has 4 aromatic rings. The van der Waals surface area contributed by atoms with E-state index in [9.17, 15) is 5.21 Å². The quantitative estimate of drug-likeness (QED) is 0.173. The van der Waals surface area contributed by atoms with Crippen molar-refractivity contribution in [1.29, 1.82) is 0 Å². The van der Waals surface area contributed by atoms with E-state index in [1.54, 1.807) is 18.6 Å². The second kappa shape index (κ2) is 18.4. The van der Waals surface area contributed by atoms with Crippen LogP contribution in [0.4, 0.5) is 0 Å². The molecule has 4 rings (SSSR count). The lowest BCUT2D eigenvalue weighted by Crippen LogP contribution is -2.26. The lowest BCUT2D eigenvalue weighted by atomic mass is 10.0. The molecule has 5 nitrogen and oxygen atoms in total. The third-order valence-electron chi connectivity index (χ3n) is 6.26. The number of nitrogens with zero attached hydrogens (tertiary/aromatic N) is 4. The standard InChI is InChI=1S/C9H12ClNO.C9H12ClN.2C8H11N/c1-6(2)9-7(3)4-11(12)5-8(9)10;1-6(2)9-7(3)4-11-5-8(9)10;1-7(2)8-3-5-9-6-4-8;1-7(2)8-4-3-5-9-6-8/h4-6H,1-3H3;4-6H,1-3H3;2*3-7H,1-2H3. The molecule has 4 heterocycles. The van der Waals surface area contributed by atoms with Gasteiger partial charge in [-0.2, -0.15) is 4.73 Å². The van der Waals surface area contributed by atoms with E-state index in [-0.39, 0.29) is 0 Å². The van der Waals surface area contributed by atoms with Crippen molar-refractivity contribution in [1.82, 2.24) is 15.0 Å². The Bertz CT molecular complexity index is 1210. The summed E-state index contributed by atoms with van der Waals surface area (Å²) in [4.78, 5) is 11.9. The van der Waals surface area contributed by atoms with Crippen LogP contribution in [0, 0.1) is 19.1 Å². The van der Waals surface area contributed by atoms with Crippen molar-refractivity contribution in [3.05, 3.63) is 122 Å². The minimum absolute atomic E-state index is 0.360. The summed E-state index contributed by atoms with van der Waals surface area (Å²) in [7, 11) is 0. The molecule has 4 aromatic heterocycles. The van der Waals surface area contributed by atoms with Crippen LogP contribution in [-0.2, 0) is 0 Å². The van der Waals surface area contributed by atoms with Crippen LogP contribution in [0.5, 0.6) is 0 Å². The molecule has 222 valence electrons. The Morgan fingerprint density at radius 3 is 1.51 bits per heavy atom. The zero-order valence-corrected chi connectivity index (χ0v) is 27.7. The van der Waals surface area contributed by atoms with Gasteiger partial charge in [-0.3, -0.25) is 15.0 Å². The van der Waals surface area contributed by atoms with Gasteiger partial charge in [0.25, 0.3) is 0 Å². The van der Waals surface area contributed by atoms with Crippen molar-refractivity contribution in [3.63, 3.8) is 0 Å². The van der Waals surface area contributed by atoms with Crippen LogP contribution < -0.4 is 4.73 Å². The monoisotopic (exact) mass is 596 g/mol. The molecule has 0 fully saturated rings. The van der Waals surface area contributed by atoms with Gasteiger partial charge in [-0.25, -0.2) is 0 Å². The predicted octanol–water partition coefficient (Wildman–Crippen LogP) is 9.98. The number of halogens is 2. The predicted molar refractivity (Wildman–Crippen MR) is 174 cm³/mol. The van der Waals surface area contributed by atoms with E-state index in [2.05, 4.69) is 76.4 Å². The summed E-state index contributed by atoms with van der Waals surface area (Å²) in [5.74, 6) is 2.05. The van der Waals surface area contributed by atoms with Crippen molar-refractivity contribution >= 4 is 23.2 Å². The van der Waals surface area contributed by atoms with E-state index >= 15 is 0 Å². The van der Waals surface area contributed by atoms with Gasteiger partial charge >= 0.3 is 0 Å². The Morgan fingerprint density at radius 2 is 1.15 bits per heavy atom. The van der Waals surface area contributed by atoms with E-state index < -0.39 is 0 Å². The number of rotatable bonds is 4. The summed E-state index contributed by atoms with van der Waals surface area (Å²) in [5.41, 5.74) is 7.05. The Morgan fingerprint density at radius 1 is 0.585 bits per heavy atom. The van der Waals surface area contributed by atoms with Crippen LogP contribution in [0.15, 0.2) is 73.8 Å². The van der Waals surface area contributed by atoms with E-state index in [1.165, 1.54) is 28.5 Å². The smallest absolute Gasteiger partial charge is 0.199 e. The molecule has 0 aliphatic heterocycles. The van der Waals surface area contributed by atoms with Gasteiger partial charge in [-0.1, -0.05) is 84.7 Å². The number of hydrogen-bond acceptors (Lipinski definition) is 4. The van der Waals surface area contributed by atoms with Gasteiger partial charge < -0.3 is 5.21 Å². The second-order valence-corrected chi connectivity index (χ2v) is 11.9. The van der Waals surface area contributed by atoms with Crippen molar-refractivity contribution < 1.29 is 4.73 Å². The Balaban J connectivity index is 0.000000275. The van der Waals surface area contributed by atoms with E-state index in [4.69, 9.17) is 23.2 Å². The highest BCUT2D eigenvalue weighted by atomic mass is 35.5. The molecule has 0 radical (unpaired) electrons. The molecule has 0 unspecified atom stereocenters. The summed E-state index contributed by atoms with van der Waals surface area (Å²) in [6.45, 7) is 21.0. The average Bonchev–Trinajstić information content (AvgIpc) is 2.90. The van der Waals surface area contributed by atoms with Crippen LogP contribution in [-0.4, -0.2) is 15.0 Å². The Labute approximate surface area is 257 Å². The van der Waals surface area contributed by atoms with Gasteiger partial charge in [0.1, 0.15) is 5.02 Å². The lowest BCUT2D eigenvalue weighted by Gasteiger charge is -2.10. The summed E-state index contributed by atoms with van der Waals surface area (Å²) >= 11 is 11.9. The van der Waals surface area contributed by atoms with Crippen molar-refractivity contribution in [2.75, 3.05) is 0 Å². The van der Waals surface area contributed by atoms with Crippen LogP contribution in [0.1, 0.15) is 112 Å². The fraction of sp³-hybridized carbons (Fsp3) is 0.412. The first-order chi connectivity index (χ1) is 19.3. The van der Waals surface area contributed by atoms with Crippen LogP contribution >= 0.6 is 23.2 Å². The molecular weight excluding hydrogens is 551 g/mol. The highest BCUT2D eigenvalue weighted by Crippen LogP contribution is 2.26. The summed E-state index contributed by atoms with van der Waals surface area (Å²) in [6, 6.07) is 8.16. The normalized spacial score (nSPS) is 10.4. The summed E-state index contributed by atoms with van der Waals surface area (Å²) in [6.07, 6.45) is 13.8. The molecule has 0 N–H and O–H groups in total. The first-order valence-electron chi connectivity index (χ1n) is 14.0. The number of pyridine rings is 4. The van der Waals surface area contributed by atoms with Crippen molar-refractivity contribution in [3.8, 4) is 0 Å². The first-order valence-corrected chi connectivity index (χ1v) is 14.8. The zero-order chi connectivity index (χ0) is 31.1. The molecule has 41 heavy (non-hydrogen) atoms.